The number of carboxylic acid groups (broad SMARTS) is 1. The molecular formula is C17H25ClN2O3. The van der Waals surface area contributed by atoms with Crippen LogP contribution in [0.5, 0.6) is 0 Å². The summed E-state index contributed by atoms with van der Waals surface area (Å²) in [5, 5.41) is 9.03. The summed E-state index contributed by atoms with van der Waals surface area (Å²) >= 11 is 0. The molecule has 1 fully saturated rings. The highest BCUT2D eigenvalue weighted by molar-refractivity contribution is 5.85. The maximum Gasteiger partial charge on any atom is 0.306 e. The minimum absolute atomic E-state index is 0. The van der Waals surface area contributed by atoms with Crippen molar-refractivity contribution in [2.75, 3.05) is 20.1 Å². The molecule has 1 aliphatic rings. The van der Waals surface area contributed by atoms with E-state index in [0.29, 0.717) is 32.5 Å². The van der Waals surface area contributed by atoms with Crippen molar-refractivity contribution in [2.45, 2.75) is 32.4 Å². The lowest BCUT2D eigenvalue weighted by Crippen LogP contribution is -2.49. The van der Waals surface area contributed by atoms with Gasteiger partial charge in [0.25, 0.3) is 0 Å². The molecule has 1 amide bonds. The highest BCUT2D eigenvalue weighted by Gasteiger charge is 2.30. The number of carbonyl (C=O) groups excluding carboxylic acids is 1. The van der Waals surface area contributed by atoms with Gasteiger partial charge in [0.15, 0.2) is 0 Å². The molecule has 1 aromatic rings. The highest BCUT2D eigenvalue weighted by Crippen LogP contribution is 2.20. The fourth-order valence-corrected chi connectivity index (χ4v) is 2.94. The van der Waals surface area contributed by atoms with E-state index in [4.69, 9.17) is 5.11 Å². The molecular weight excluding hydrogens is 316 g/mol. The Morgan fingerprint density at radius 2 is 1.83 bits per heavy atom. The fraction of sp³-hybridized carbons (Fsp3) is 0.529. The second kappa shape index (κ2) is 8.89. The van der Waals surface area contributed by atoms with Crippen molar-refractivity contribution in [2.24, 2.45) is 5.92 Å². The van der Waals surface area contributed by atoms with E-state index in [2.05, 4.69) is 4.90 Å². The van der Waals surface area contributed by atoms with Crippen LogP contribution in [-0.4, -0.2) is 53.0 Å². The van der Waals surface area contributed by atoms with Crippen LogP contribution in [0.25, 0.3) is 0 Å². The van der Waals surface area contributed by atoms with Crippen LogP contribution in [0.2, 0.25) is 0 Å². The Balaban J connectivity index is 0.00000264. The largest absolute Gasteiger partial charge is 0.481 e. The molecule has 0 radical (unpaired) electrons. The van der Waals surface area contributed by atoms with E-state index in [0.717, 1.165) is 5.56 Å². The minimum Gasteiger partial charge on any atom is -0.481 e. The van der Waals surface area contributed by atoms with Gasteiger partial charge in [-0.05, 0) is 38.4 Å². The Kier molecular flexibility index (Phi) is 7.52. The molecule has 23 heavy (non-hydrogen) atoms. The first-order valence-corrected chi connectivity index (χ1v) is 7.74. The zero-order valence-electron chi connectivity index (χ0n) is 13.6. The predicted molar refractivity (Wildman–Crippen MR) is 91.6 cm³/mol. The number of nitrogens with zero attached hydrogens (tertiary/aromatic N) is 2. The van der Waals surface area contributed by atoms with Gasteiger partial charge in [-0.2, -0.15) is 0 Å². The number of hydrogen-bond donors (Lipinski definition) is 1. The van der Waals surface area contributed by atoms with E-state index < -0.39 is 5.97 Å². The van der Waals surface area contributed by atoms with Crippen LogP contribution < -0.4 is 0 Å². The average molecular weight is 341 g/mol. The number of rotatable bonds is 5. The summed E-state index contributed by atoms with van der Waals surface area (Å²) in [5.41, 5.74) is 1.11. The van der Waals surface area contributed by atoms with Crippen molar-refractivity contribution in [1.29, 1.82) is 0 Å². The van der Waals surface area contributed by atoms with Gasteiger partial charge in [-0.3, -0.25) is 14.5 Å². The SMILES string of the molecule is CC(C(=O)N(C)Cc1ccccc1)N1CCC(C(=O)O)CC1.Cl. The summed E-state index contributed by atoms with van der Waals surface area (Å²) in [6.07, 6.45) is 1.24. The molecule has 0 spiro atoms. The number of halogens is 1. The van der Waals surface area contributed by atoms with Gasteiger partial charge in [0.2, 0.25) is 5.91 Å². The molecule has 1 aliphatic heterocycles. The van der Waals surface area contributed by atoms with Crippen molar-refractivity contribution < 1.29 is 14.7 Å². The van der Waals surface area contributed by atoms with Crippen LogP contribution in [0, 0.1) is 5.92 Å². The van der Waals surface area contributed by atoms with E-state index in [9.17, 15) is 9.59 Å². The molecule has 1 unspecified atom stereocenters. The van der Waals surface area contributed by atoms with E-state index in [-0.39, 0.29) is 30.3 Å². The molecule has 0 aliphatic carbocycles. The number of likely N-dealkylation sites (N-methyl/N-ethyl adjacent to an activating group) is 1. The number of piperidine rings is 1. The lowest BCUT2D eigenvalue weighted by Gasteiger charge is -2.35. The van der Waals surface area contributed by atoms with Crippen LogP contribution in [-0.2, 0) is 16.1 Å². The van der Waals surface area contributed by atoms with Gasteiger partial charge in [-0.25, -0.2) is 0 Å². The summed E-state index contributed by atoms with van der Waals surface area (Å²) in [4.78, 5) is 27.3. The van der Waals surface area contributed by atoms with Gasteiger partial charge >= 0.3 is 5.97 Å². The number of hydrogen-bond acceptors (Lipinski definition) is 3. The number of aliphatic carboxylic acids is 1. The smallest absolute Gasteiger partial charge is 0.306 e. The molecule has 1 saturated heterocycles. The first kappa shape index (κ1) is 19.5. The van der Waals surface area contributed by atoms with Crippen LogP contribution in [0.4, 0.5) is 0 Å². The third kappa shape index (κ3) is 5.22. The molecule has 0 bridgehead atoms. The molecule has 0 aromatic heterocycles. The van der Waals surface area contributed by atoms with Crippen LogP contribution in [0.1, 0.15) is 25.3 Å². The summed E-state index contributed by atoms with van der Waals surface area (Å²) in [6, 6.07) is 9.70. The normalized spacial score (nSPS) is 17.1. The zero-order valence-corrected chi connectivity index (χ0v) is 14.5. The molecule has 2 rings (SSSR count). The van der Waals surface area contributed by atoms with E-state index in [1.165, 1.54) is 0 Å². The van der Waals surface area contributed by atoms with Crippen LogP contribution in [0.3, 0.4) is 0 Å². The monoisotopic (exact) mass is 340 g/mol. The van der Waals surface area contributed by atoms with Gasteiger partial charge in [-0.1, -0.05) is 30.3 Å². The summed E-state index contributed by atoms with van der Waals surface area (Å²) in [5.74, 6) is -0.905. The number of amides is 1. The maximum absolute atomic E-state index is 12.5. The van der Waals surface area contributed by atoms with Crippen LogP contribution in [0.15, 0.2) is 30.3 Å². The Bertz CT molecular complexity index is 516. The van der Waals surface area contributed by atoms with Crippen molar-refractivity contribution in [3.63, 3.8) is 0 Å². The third-order valence-corrected chi connectivity index (χ3v) is 4.42. The van der Waals surface area contributed by atoms with Crippen molar-refractivity contribution in [3.05, 3.63) is 35.9 Å². The fourth-order valence-electron chi connectivity index (χ4n) is 2.94. The van der Waals surface area contributed by atoms with E-state index in [1.807, 2.05) is 44.3 Å². The first-order valence-electron chi connectivity index (χ1n) is 7.74. The number of carboxylic acids is 1. The van der Waals surface area contributed by atoms with Gasteiger partial charge in [0, 0.05) is 13.6 Å². The molecule has 1 N–H and O–H groups in total. The van der Waals surface area contributed by atoms with Gasteiger partial charge in [-0.15, -0.1) is 12.4 Å². The van der Waals surface area contributed by atoms with E-state index >= 15 is 0 Å². The number of carbonyl (C=O) groups is 2. The third-order valence-electron chi connectivity index (χ3n) is 4.42. The second-order valence-electron chi connectivity index (χ2n) is 6.00. The number of benzene rings is 1. The molecule has 1 atom stereocenters. The lowest BCUT2D eigenvalue weighted by molar-refractivity contribution is -0.144. The standard InChI is InChI=1S/C17H24N2O3.ClH/c1-13(19-10-8-15(9-11-19)17(21)22)16(20)18(2)12-14-6-4-3-5-7-14;/h3-7,13,15H,8-12H2,1-2H3,(H,21,22);1H. The molecule has 6 heteroatoms. The Morgan fingerprint density at radius 1 is 1.26 bits per heavy atom. The molecule has 1 aromatic carbocycles. The molecule has 5 nitrogen and oxygen atoms in total. The second-order valence-corrected chi connectivity index (χ2v) is 6.00. The Labute approximate surface area is 143 Å². The summed E-state index contributed by atoms with van der Waals surface area (Å²) < 4.78 is 0. The highest BCUT2D eigenvalue weighted by atomic mass is 35.5. The molecule has 0 saturated carbocycles. The van der Waals surface area contributed by atoms with Crippen molar-refractivity contribution in [1.82, 2.24) is 9.80 Å². The molecule has 128 valence electrons. The predicted octanol–water partition coefficient (Wildman–Crippen LogP) is 2.25. The van der Waals surface area contributed by atoms with Gasteiger partial charge in [0.05, 0.1) is 12.0 Å². The Morgan fingerprint density at radius 3 is 2.35 bits per heavy atom. The minimum atomic E-state index is -0.722. The van der Waals surface area contributed by atoms with E-state index in [1.54, 1.807) is 4.90 Å². The topological polar surface area (TPSA) is 60.9 Å². The Hall–Kier alpha value is -1.59. The lowest BCUT2D eigenvalue weighted by atomic mass is 9.96. The first-order chi connectivity index (χ1) is 10.5. The average Bonchev–Trinajstić information content (AvgIpc) is 2.54. The zero-order chi connectivity index (χ0) is 16.1. The van der Waals surface area contributed by atoms with Crippen molar-refractivity contribution >= 4 is 24.3 Å². The maximum atomic E-state index is 12.5. The molecule has 1 heterocycles. The number of likely N-dealkylation sites (tertiary alicyclic amines) is 1. The summed E-state index contributed by atoms with van der Waals surface area (Å²) in [6.45, 7) is 3.84. The van der Waals surface area contributed by atoms with Gasteiger partial charge in [0.1, 0.15) is 0 Å². The summed E-state index contributed by atoms with van der Waals surface area (Å²) in [7, 11) is 1.82. The quantitative estimate of drug-likeness (QED) is 0.893. The van der Waals surface area contributed by atoms with Gasteiger partial charge < -0.3 is 10.0 Å². The van der Waals surface area contributed by atoms with Crippen LogP contribution >= 0.6 is 12.4 Å². The van der Waals surface area contributed by atoms with Crippen molar-refractivity contribution in [3.8, 4) is 0 Å².